The van der Waals surface area contributed by atoms with Crippen LogP contribution in [0.5, 0.6) is 0 Å². The highest BCUT2D eigenvalue weighted by molar-refractivity contribution is 6.07. The van der Waals surface area contributed by atoms with Crippen LogP contribution in [0.25, 0.3) is 10.8 Å². The van der Waals surface area contributed by atoms with Crippen LogP contribution >= 0.6 is 0 Å². The number of hydrogen-bond donors (Lipinski definition) is 2. The number of benzene rings is 2. The lowest BCUT2D eigenvalue weighted by Gasteiger charge is -2.34. The van der Waals surface area contributed by atoms with Gasteiger partial charge in [-0.25, -0.2) is 0 Å². The molecule has 21 heavy (non-hydrogen) atoms. The monoisotopic (exact) mass is 282 g/mol. The summed E-state index contributed by atoms with van der Waals surface area (Å²) in [6.07, 6.45) is 2.23. The number of hydrogen-bond acceptors (Lipinski definition) is 2. The molecule has 0 aromatic heterocycles. The van der Waals surface area contributed by atoms with Crippen LogP contribution in [-0.2, 0) is 0 Å². The second kappa shape index (κ2) is 5.86. The molecule has 1 saturated heterocycles. The molecule has 1 fully saturated rings. The highest BCUT2D eigenvalue weighted by atomic mass is 16.1. The SMILES string of the molecule is CC1(CNC(=O)c2cccc3ccccc23)CCNCC1. The molecular weight excluding hydrogens is 260 g/mol. The zero-order valence-electron chi connectivity index (χ0n) is 12.5. The predicted molar refractivity (Wildman–Crippen MR) is 86.5 cm³/mol. The van der Waals surface area contributed by atoms with E-state index in [0.29, 0.717) is 0 Å². The predicted octanol–water partition coefficient (Wildman–Crippen LogP) is 2.96. The van der Waals surface area contributed by atoms with Crippen molar-refractivity contribution in [3.05, 3.63) is 48.0 Å². The summed E-state index contributed by atoms with van der Waals surface area (Å²) >= 11 is 0. The summed E-state index contributed by atoms with van der Waals surface area (Å²) in [6, 6.07) is 13.9. The third-order valence-electron chi connectivity index (χ3n) is 4.52. The summed E-state index contributed by atoms with van der Waals surface area (Å²) < 4.78 is 0. The van der Waals surface area contributed by atoms with Gasteiger partial charge in [-0.3, -0.25) is 4.79 Å². The summed E-state index contributed by atoms with van der Waals surface area (Å²) in [7, 11) is 0. The molecule has 1 aliphatic heterocycles. The van der Waals surface area contributed by atoms with Gasteiger partial charge in [0.05, 0.1) is 0 Å². The number of piperidine rings is 1. The lowest BCUT2D eigenvalue weighted by molar-refractivity contribution is 0.0924. The third kappa shape index (κ3) is 3.08. The molecule has 110 valence electrons. The van der Waals surface area contributed by atoms with Crippen molar-refractivity contribution in [2.75, 3.05) is 19.6 Å². The van der Waals surface area contributed by atoms with Crippen LogP contribution in [0, 0.1) is 5.41 Å². The number of nitrogens with one attached hydrogen (secondary N) is 2. The van der Waals surface area contributed by atoms with Gasteiger partial charge in [-0.05, 0) is 48.2 Å². The van der Waals surface area contributed by atoms with E-state index < -0.39 is 0 Å². The second-order valence-electron chi connectivity index (χ2n) is 6.27. The smallest absolute Gasteiger partial charge is 0.251 e. The summed E-state index contributed by atoms with van der Waals surface area (Å²) in [5.41, 5.74) is 0.983. The minimum atomic E-state index is 0.0338. The minimum Gasteiger partial charge on any atom is -0.351 e. The average Bonchev–Trinajstić information content (AvgIpc) is 2.53. The third-order valence-corrected chi connectivity index (χ3v) is 4.52. The normalized spacial score (nSPS) is 17.6. The van der Waals surface area contributed by atoms with Gasteiger partial charge < -0.3 is 10.6 Å². The molecule has 3 rings (SSSR count). The van der Waals surface area contributed by atoms with Gasteiger partial charge in [-0.15, -0.1) is 0 Å². The van der Waals surface area contributed by atoms with Crippen molar-refractivity contribution in [2.24, 2.45) is 5.41 Å². The van der Waals surface area contributed by atoms with E-state index in [1.54, 1.807) is 0 Å². The zero-order chi connectivity index (χ0) is 14.7. The molecule has 0 spiro atoms. The maximum atomic E-state index is 12.5. The fourth-order valence-corrected chi connectivity index (χ4v) is 3.02. The molecule has 0 aliphatic carbocycles. The molecule has 2 aromatic rings. The Kier molecular flexibility index (Phi) is 3.93. The Morgan fingerprint density at radius 2 is 1.86 bits per heavy atom. The van der Waals surface area contributed by atoms with Gasteiger partial charge in [0.25, 0.3) is 5.91 Å². The van der Waals surface area contributed by atoms with Gasteiger partial charge in [-0.2, -0.15) is 0 Å². The molecule has 0 bridgehead atoms. The van der Waals surface area contributed by atoms with Crippen LogP contribution in [-0.4, -0.2) is 25.5 Å². The molecule has 1 heterocycles. The lowest BCUT2D eigenvalue weighted by Crippen LogP contribution is -2.42. The lowest BCUT2D eigenvalue weighted by atomic mass is 9.81. The van der Waals surface area contributed by atoms with Crippen LogP contribution in [0.1, 0.15) is 30.1 Å². The first kappa shape index (κ1) is 14.1. The molecule has 0 unspecified atom stereocenters. The highest BCUT2D eigenvalue weighted by Crippen LogP contribution is 2.27. The Hall–Kier alpha value is -1.87. The highest BCUT2D eigenvalue weighted by Gasteiger charge is 2.27. The molecule has 2 aromatic carbocycles. The number of amides is 1. The summed E-state index contributed by atoms with van der Waals surface area (Å²) in [5, 5.41) is 8.64. The first-order valence-corrected chi connectivity index (χ1v) is 7.65. The minimum absolute atomic E-state index is 0.0338. The largest absolute Gasteiger partial charge is 0.351 e. The van der Waals surface area contributed by atoms with Gasteiger partial charge in [0.1, 0.15) is 0 Å². The Morgan fingerprint density at radius 3 is 2.67 bits per heavy atom. The van der Waals surface area contributed by atoms with Gasteiger partial charge in [0, 0.05) is 12.1 Å². The molecule has 0 saturated carbocycles. The van der Waals surface area contributed by atoms with E-state index in [1.165, 1.54) is 0 Å². The standard InChI is InChI=1S/C18H22N2O/c1-18(9-11-19-12-10-18)13-20-17(21)16-8-4-6-14-5-2-3-7-15(14)16/h2-8,19H,9-13H2,1H3,(H,20,21). The van der Waals surface area contributed by atoms with Crippen molar-refractivity contribution in [1.29, 1.82) is 0 Å². The van der Waals surface area contributed by atoms with Gasteiger partial charge in [0.2, 0.25) is 0 Å². The number of carbonyl (C=O) groups excluding carboxylic acids is 1. The van der Waals surface area contributed by atoms with Crippen molar-refractivity contribution < 1.29 is 4.79 Å². The van der Waals surface area contributed by atoms with E-state index in [9.17, 15) is 4.79 Å². The van der Waals surface area contributed by atoms with Crippen LogP contribution in [0.4, 0.5) is 0 Å². The Balaban J connectivity index is 1.75. The number of carbonyl (C=O) groups is 1. The van der Waals surface area contributed by atoms with Gasteiger partial charge in [-0.1, -0.05) is 43.3 Å². The van der Waals surface area contributed by atoms with Crippen molar-refractivity contribution in [3.63, 3.8) is 0 Å². The summed E-state index contributed by atoms with van der Waals surface area (Å²) in [5.74, 6) is 0.0338. The maximum Gasteiger partial charge on any atom is 0.251 e. The molecule has 0 radical (unpaired) electrons. The zero-order valence-corrected chi connectivity index (χ0v) is 12.5. The average molecular weight is 282 g/mol. The van der Waals surface area contributed by atoms with E-state index in [1.807, 2.05) is 42.5 Å². The van der Waals surface area contributed by atoms with Crippen LogP contribution in [0.2, 0.25) is 0 Å². The van der Waals surface area contributed by atoms with Crippen molar-refractivity contribution in [3.8, 4) is 0 Å². The molecule has 3 nitrogen and oxygen atoms in total. The summed E-state index contributed by atoms with van der Waals surface area (Å²) in [4.78, 5) is 12.5. The Labute approximate surface area is 125 Å². The van der Waals surface area contributed by atoms with Crippen molar-refractivity contribution in [1.82, 2.24) is 10.6 Å². The van der Waals surface area contributed by atoms with Crippen molar-refractivity contribution in [2.45, 2.75) is 19.8 Å². The second-order valence-corrected chi connectivity index (χ2v) is 6.27. The van der Waals surface area contributed by atoms with E-state index >= 15 is 0 Å². The van der Waals surface area contributed by atoms with Gasteiger partial charge in [0.15, 0.2) is 0 Å². The summed E-state index contributed by atoms with van der Waals surface area (Å²) in [6.45, 7) is 5.09. The van der Waals surface area contributed by atoms with E-state index in [-0.39, 0.29) is 11.3 Å². The Bertz CT molecular complexity index is 639. The van der Waals surface area contributed by atoms with E-state index in [0.717, 1.165) is 48.8 Å². The van der Waals surface area contributed by atoms with E-state index in [2.05, 4.69) is 17.6 Å². The van der Waals surface area contributed by atoms with Crippen LogP contribution in [0.15, 0.2) is 42.5 Å². The number of rotatable bonds is 3. The van der Waals surface area contributed by atoms with E-state index in [4.69, 9.17) is 0 Å². The maximum absolute atomic E-state index is 12.5. The first-order chi connectivity index (χ1) is 10.2. The molecular formula is C18H22N2O. The Morgan fingerprint density at radius 1 is 1.14 bits per heavy atom. The molecule has 3 heteroatoms. The van der Waals surface area contributed by atoms with Crippen LogP contribution in [0.3, 0.4) is 0 Å². The molecule has 0 atom stereocenters. The first-order valence-electron chi connectivity index (χ1n) is 7.65. The fourth-order valence-electron chi connectivity index (χ4n) is 3.02. The quantitative estimate of drug-likeness (QED) is 0.908. The van der Waals surface area contributed by atoms with Crippen LogP contribution < -0.4 is 10.6 Å². The fraction of sp³-hybridized carbons (Fsp3) is 0.389. The molecule has 1 amide bonds. The molecule has 1 aliphatic rings. The molecule has 2 N–H and O–H groups in total. The van der Waals surface area contributed by atoms with Gasteiger partial charge >= 0.3 is 0 Å². The van der Waals surface area contributed by atoms with Crippen molar-refractivity contribution >= 4 is 16.7 Å². The number of fused-ring (bicyclic) bond motifs is 1. The topological polar surface area (TPSA) is 41.1 Å².